The summed E-state index contributed by atoms with van der Waals surface area (Å²) in [6, 6.07) is 0. The highest BCUT2D eigenvalue weighted by atomic mass is 127. The molecular formula is C7H4ClFIN3. The molecule has 13 heavy (non-hydrogen) atoms. The molecule has 0 bridgehead atoms. The van der Waals surface area contributed by atoms with Crippen LogP contribution in [0.1, 0.15) is 0 Å². The Kier molecular flexibility index (Phi) is 2.15. The van der Waals surface area contributed by atoms with Gasteiger partial charge < -0.3 is 0 Å². The second kappa shape index (κ2) is 3.06. The third kappa shape index (κ3) is 1.30. The third-order valence-corrected chi connectivity index (χ3v) is 2.80. The van der Waals surface area contributed by atoms with Gasteiger partial charge in [-0.3, -0.25) is 4.68 Å². The topological polar surface area (TPSA) is 30.7 Å². The predicted octanol–water partition coefficient (Wildman–Crippen LogP) is 2.37. The quantitative estimate of drug-likeness (QED) is 0.552. The molecule has 0 saturated carbocycles. The van der Waals surface area contributed by atoms with E-state index in [0.717, 1.165) is 3.70 Å². The van der Waals surface area contributed by atoms with E-state index in [1.165, 1.54) is 10.9 Å². The van der Waals surface area contributed by atoms with E-state index >= 15 is 0 Å². The van der Waals surface area contributed by atoms with Gasteiger partial charge in [0.15, 0.2) is 11.0 Å². The fourth-order valence-electron chi connectivity index (χ4n) is 1.16. The Morgan fingerprint density at radius 2 is 2.31 bits per heavy atom. The van der Waals surface area contributed by atoms with Crippen molar-refractivity contribution in [2.75, 3.05) is 0 Å². The molecule has 2 aromatic rings. The molecule has 0 radical (unpaired) electrons. The lowest BCUT2D eigenvalue weighted by molar-refractivity contribution is 0.620. The maximum atomic E-state index is 13.4. The highest BCUT2D eigenvalue weighted by Gasteiger charge is 2.13. The van der Waals surface area contributed by atoms with Crippen molar-refractivity contribution < 1.29 is 4.39 Å². The van der Waals surface area contributed by atoms with E-state index in [1.807, 2.05) is 22.6 Å². The Hall–Kier alpha value is -0.430. The van der Waals surface area contributed by atoms with Crippen LogP contribution in [0.15, 0.2) is 6.20 Å². The van der Waals surface area contributed by atoms with E-state index in [-0.39, 0.29) is 5.15 Å². The number of nitrogens with zero attached hydrogens (tertiary/aromatic N) is 3. The second-order valence-electron chi connectivity index (χ2n) is 2.54. The summed E-state index contributed by atoms with van der Waals surface area (Å²) in [7, 11) is 1.67. The monoisotopic (exact) mass is 311 g/mol. The van der Waals surface area contributed by atoms with Gasteiger partial charge in [0.2, 0.25) is 0 Å². The maximum Gasteiger partial charge on any atom is 0.186 e. The number of aryl methyl sites for hydroxylation is 1. The molecule has 0 aliphatic carbocycles. The number of fused-ring (bicyclic) bond motifs is 1. The van der Waals surface area contributed by atoms with Crippen LogP contribution in [0.3, 0.4) is 0 Å². The molecular weight excluding hydrogens is 307 g/mol. The summed E-state index contributed by atoms with van der Waals surface area (Å²) in [5, 5.41) is 4.62. The molecule has 0 saturated heterocycles. The van der Waals surface area contributed by atoms with Crippen molar-refractivity contribution in [3.05, 3.63) is 20.9 Å². The zero-order valence-electron chi connectivity index (χ0n) is 6.55. The average molecular weight is 311 g/mol. The van der Waals surface area contributed by atoms with Crippen molar-refractivity contribution in [1.29, 1.82) is 0 Å². The summed E-state index contributed by atoms with van der Waals surface area (Å²) >= 11 is 7.56. The van der Waals surface area contributed by atoms with Crippen LogP contribution < -0.4 is 0 Å². The molecule has 2 heterocycles. The Balaban J connectivity index is 2.98. The minimum atomic E-state index is -0.517. The van der Waals surface area contributed by atoms with Crippen LogP contribution in [-0.4, -0.2) is 14.8 Å². The summed E-state index contributed by atoms with van der Waals surface area (Å²) in [4.78, 5) is 3.71. The van der Waals surface area contributed by atoms with Gasteiger partial charge in [-0.1, -0.05) is 11.6 Å². The summed E-state index contributed by atoms with van der Waals surface area (Å²) < 4.78 is 15.6. The normalized spacial score (nSPS) is 11.1. The van der Waals surface area contributed by atoms with E-state index in [0.29, 0.717) is 10.9 Å². The lowest BCUT2D eigenvalue weighted by Gasteiger charge is -1.96. The van der Waals surface area contributed by atoms with Crippen molar-refractivity contribution in [1.82, 2.24) is 14.8 Å². The first-order valence-corrected chi connectivity index (χ1v) is 4.89. The fraction of sp³-hybridized carbons (Fsp3) is 0.143. The van der Waals surface area contributed by atoms with E-state index in [4.69, 9.17) is 11.6 Å². The van der Waals surface area contributed by atoms with Crippen LogP contribution in [0.5, 0.6) is 0 Å². The van der Waals surface area contributed by atoms with Gasteiger partial charge in [-0.05, 0) is 22.6 Å². The number of pyridine rings is 1. The van der Waals surface area contributed by atoms with Crippen LogP contribution in [0.4, 0.5) is 4.39 Å². The number of hydrogen-bond acceptors (Lipinski definition) is 2. The van der Waals surface area contributed by atoms with Crippen molar-refractivity contribution in [2.45, 2.75) is 0 Å². The average Bonchev–Trinajstić information content (AvgIpc) is 2.35. The van der Waals surface area contributed by atoms with E-state index in [2.05, 4.69) is 10.1 Å². The van der Waals surface area contributed by atoms with E-state index < -0.39 is 5.82 Å². The van der Waals surface area contributed by atoms with Crippen molar-refractivity contribution >= 4 is 45.1 Å². The van der Waals surface area contributed by atoms with Gasteiger partial charge in [-0.15, -0.1) is 0 Å². The van der Waals surface area contributed by atoms with Gasteiger partial charge in [0.1, 0.15) is 9.22 Å². The number of rotatable bonds is 0. The Bertz CT molecular complexity index is 482. The van der Waals surface area contributed by atoms with Gasteiger partial charge in [-0.25, -0.2) is 9.37 Å². The molecule has 0 aliphatic heterocycles. The summed E-state index contributed by atoms with van der Waals surface area (Å²) in [5.74, 6) is -0.517. The first-order valence-electron chi connectivity index (χ1n) is 3.43. The lowest BCUT2D eigenvalue weighted by Crippen LogP contribution is -1.93. The summed E-state index contributed by atoms with van der Waals surface area (Å²) in [5.41, 5.74) is 0.393. The Morgan fingerprint density at radius 1 is 1.62 bits per heavy atom. The zero-order chi connectivity index (χ0) is 9.59. The zero-order valence-corrected chi connectivity index (χ0v) is 9.47. The molecule has 0 atom stereocenters. The first-order chi connectivity index (χ1) is 6.11. The van der Waals surface area contributed by atoms with Crippen LogP contribution in [0.2, 0.25) is 5.15 Å². The molecule has 0 unspecified atom stereocenters. The van der Waals surface area contributed by atoms with Gasteiger partial charge in [0.25, 0.3) is 0 Å². The minimum absolute atomic E-state index is 0.119. The molecule has 0 spiro atoms. The largest absolute Gasteiger partial charge is 0.264 e. The molecule has 0 aromatic carbocycles. The SMILES string of the molecule is Cn1nc(I)c2cnc(Cl)c(F)c21. The highest BCUT2D eigenvalue weighted by molar-refractivity contribution is 14.1. The van der Waals surface area contributed by atoms with Crippen molar-refractivity contribution in [3.8, 4) is 0 Å². The van der Waals surface area contributed by atoms with Gasteiger partial charge >= 0.3 is 0 Å². The molecule has 0 fully saturated rings. The first kappa shape index (κ1) is 9.14. The molecule has 0 aliphatic rings. The number of aromatic nitrogens is 3. The van der Waals surface area contributed by atoms with Crippen LogP contribution in [0, 0.1) is 9.52 Å². The molecule has 3 nitrogen and oxygen atoms in total. The highest BCUT2D eigenvalue weighted by Crippen LogP contribution is 2.24. The molecule has 0 N–H and O–H groups in total. The van der Waals surface area contributed by atoms with E-state index in [1.54, 1.807) is 7.05 Å². The summed E-state index contributed by atoms with van der Waals surface area (Å²) in [6.45, 7) is 0. The van der Waals surface area contributed by atoms with E-state index in [9.17, 15) is 4.39 Å². The maximum absolute atomic E-state index is 13.4. The predicted molar refractivity (Wildman–Crippen MR) is 56.2 cm³/mol. The Labute approximate surface area is 92.0 Å². The minimum Gasteiger partial charge on any atom is -0.264 e. The molecule has 2 aromatic heterocycles. The fourth-order valence-corrected chi connectivity index (χ4v) is 2.01. The Morgan fingerprint density at radius 3 is 3.00 bits per heavy atom. The second-order valence-corrected chi connectivity index (χ2v) is 3.92. The van der Waals surface area contributed by atoms with Crippen LogP contribution in [-0.2, 0) is 7.05 Å². The van der Waals surface area contributed by atoms with Crippen LogP contribution in [0.25, 0.3) is 10.9 Å². The van der Waals surface area contributed by atoms with Crippen LogP contribution >= 0.6 is 34.2 Å². The summed E-state index contributed by atoms with van der Waals surface area (Å²) in [6.07, 6.45) is 1.52. The molecule has 2 rings (SSSR count). The smallest absolute Gasteiger partial charge is 0.186 e. The van der Waals surface area contributed by atoms with Gasteiger partial charge in [0.05, 0.1) is 5.39 Å². The third-order valence-electron chi connectivity index (χ3n) is 1.73. The van der Waals surface area contributed by atoms with Gasteiger partial charge in [-0.2, -0.15) is 5.10 Å². The number of halogens is 3. The lowest BCUT2D eigenvalue weighted by atomic mass is 10.3. The van der Waals surface area contributed by atoms with Gasteiger partial charge in [0, 0.05) is 13.2 Å². The molecule has 6 heteroatoms. The standard InChI is InChI=1S/C7H4ClFIN3/c1-13-5-3(7(10)12-13)2-11-6(8)4(5)9/h2H,1H3. The number of hydrogen-bond donors (Lipinski definition) is 0. The van der Waals surface area contributed by atoms with Crippen molar-refractivity contribution in [2.24, 2.45) is 7.05 Å². The molecule has 68 valence electrons. The molecule has 0 amide bonds. The van der Waals surface area contributed by atoms with Crippen molar-refractivity contribution in [3.63, 3.8) is 0 Å².